The van der Waals surface area contributed by atoms with Crippen molar-refractivity contribution in [2.24, 2.45) is 0 Å². The number of aliphatic carboxylic acids is 1. The molecule has 0 radical (unpaired) electrons. The van der Waals surface area contributed by atoms with Gasteiger partial charge in [-0.05, 0) is 18.2 Å². The summed E-state index contributed by atoms with van der Waals surface area (Å²) >= 11 is 0. The molecule has 6 nitrogen and oxygen atoms in total. The lowest BCUT2D eigenvalue weighted by molar-refractivity contribution is -0.139. The maximum Gasteiger partial charge on any atom is 0.326 e. The van der Waals surface area contributed by atoms with Crippen molar-refractivity contribution in [3.8, 4) is 6.07 Å². The van der Waals surface area contributed by atoms with Crippen LogP contribution in [0.15, 0.2) is 24.3 Å². The number of carbonyl (C=O) groups excluding carboxylic acids is 1. The predicted molar refractivity (Wildman–Crippen MR) is 61.7 cm³/mol. The number of nitrogens with zero attached hydrogens (tertiary/aromatic N) is 1. The molecule has 0 heterocycles. The highest BCUT2D eigenvalue weighted by Crippen LogP contribution is 2.05. The standard InChI is InChI=1S/C12H12N2O4/c13-7-8-2-1-3-9(6-8)11(16)14-10(4-5-15)12(17)18/h1-3,6,10,15H,4-5H2,(H,14,16)(H,17,18). The van der Waals surface area contributed by atoms with Crippen molar-refractivity contribution in [3.63, 3.8) is 0 Å². The lowest BCUT2D eigenvalue weighted by Gasteiger charge is -2.13. The van der Waals surface area contributed by atoms with Crippen molar-refractivity contribution in [3.05, 3.63) is 35.4 Å². The van der Waals surface area contributed by atoms with Gasteiger partial charge in [-0.25, -0.2) is 4.79 Å². The highest BCUT2D eigenvalue weighted by molar-refractivity contribution is 5.96. The van der Waals surface area contributed by atoms with Gasteiger partial charge in [-0.1, -0.05) is 6.07 Å². The lowest BCUT2D eigenvalue weighted by Crippen LogP contribution is -2.41. The van der Waals surface area contributed by atoms with E-state index in [2.05, 4.69) is 5.32 Å². The van der Waals surface area contributed by atoms with E-state index < -0.39 is 17.9 Å². The van der Waals surface area contributed by atoms with Gasteiger partial charge in [-0.2, -0.15) is 5.26 Å². The highest BCUT2D eigenvalue weighted by atomic mass is 16.4. The molecule has 18 heavy (non-hydrogen) atoms. The van der Waals surface area contributed by atoms with Crippen molar-refractivity contribution in [1.82, 2.24) is 5.32 Å². The molecule has 94 valence electrons. The van der Waals surface area contributed by atoms with Gasteiger partial charge in [0.05, 0.1) is 11.6 Å². The number of carboxylic acids is 1. The molecular weight excluding hydrogens is 236 g/mol. The summed E-state index contributed by atoms with van der Waals surface area (Å²) in [6.07, 6.45) is -0.0704. The molecule has 0 saturated heterocycles. The molecule has 0 aliphatic carbocycles. The first-order valence-corrected chi connectivity index (χ1v) is 5.23. The van der Waals surface area contributed by atoms with E-state index in [1.165, 1.54) is 18.2 Å². The summed E-state index contributed by atoms with van der Waals surface area (Å²) in [7, 11) is 0. The second-order valence-electron chi connectivity index (χ2n) is 3.57. The SMILES string of the molecule is N#Cc1cccc(C(=O)NC(CCO)C(=O)O)c1. The molecule has 0 saturated carbocycles. The zero-order valence-electron chi connectivity index (χ0n) is 9.46. The molecule has 0 bridgehead atoms. The van der Waals surface area contributed by atoms with Crippen molar-refractivity contribution < 1.29 is 19.8 Å². The molecule has 6 heteroatoms. The van der Waals surface area contributed by atoms with Crippen molar-refractivity contribution in [2.45, 2.75) is 12.5 Å². The number of aliphatic hydroxyl groups is 1. The zero-order chi connectivity index (χ0) is 13.5. The summed E-state index contributed by atoms with van der Waals surface area (Å²) in [5.41, 5.74) is 0.523. The smallest absolute Gasteiger partial charge is 0.326 e. The highest BCUT2D eigenvalue weighted by Gasteiger charge is 2.19. The van der Waals surface area contributed by atoms with E-state index in [1.54, 1.807) is 6.07 Å². The quantitative estimate of drug-likeness (QED) is 0.685. The van der Waals surface area contributed by atoms with Crippen LogP contribution in [0.25, 0.3) is 0 Å². The monoisotopic (exact) mass is 248 g/mol. The zero-order valence-corrected chi connectivity index (χ0v) is 9.46. The molecule has 3 N–H and O–H groups in total. The maximum absolute atomic E-state index is 11.7. The van der Waals surface area contributed by atoms with Crippen LogP contribution in [-0.4, -0.2) is 34.7 Å². The van der Waals surface area contributed by atoms with E-state index in [-0.39, 0.29) is 18.6 Å². The number of aliphatic hydroxyl groups excluding tert-OH is 1. The van der Waals surface area contributed by atoms with Crippen LogP contribution in [-0.2, 0) is 4.79 Å². The second kappa shape index (κ2) is 6.37. The molecule has 0 spiro atoms. The van der Waals surface area contributed by atoms with Crippen molar-refractivity contribution in [2.75, 3.05) is 6.61 Å². The molecule has 1 rings (SSSR count). The van der Waals surface area contributed by atoms with Crippen molar-refractivity contribution in [1.29, 1.82) is 5.26 Å². The number of rotatable bonds is 5. The van der Waals surface area contributed by atoms with E-state index in [0.717, 1.165) is 0 Å². The Hall–Kier alpha value is -2.39. The Kier molecular flexibility index (Phi) is 4.84. The minimum atomic E-state index is -1.21. The fourth-order valence-electron chi connectivity index (χ4n) is 1.36. The van der Waals surface area contributed by atoms with E-state index in [9.17, 15) is 9.59 Å². The average Bonchev–Trinajstić information content (AvgIpc) is 2.38. The third-order valence-corrected chi connectivity index (χ3v) is 2.28. The van der Waals surface area contributed by atoms with Crippen LogP contribution >= 0.6 is 0 Å². The van der Waals surface area contributed by atoms with E-state index in [0.29, 0.717) is 5.56 Å². The van der Waals surface area contributed by atoms with Crippen LogP contribution in [0.1, 0.15) is 22.3 Å². The van der Waals surface area contributed by atoms with Crippen molar-refractivity contribution >= 4 is 11.9 Å². The van der Waals surface area contributed by atoms with Crippen LogP contribution in [0.5, 0.6) is 0 Å². The van der Waals surface area contributed by atoms with E-state index >= 15 is 0 Å². The minimum absolute atomic E-state index is 0.0704. The summed E-state index contributed by atoms with van der Waals surface area (Å²) in [5, 5.41) is 28.5. The van der Waals surface area contributed by atoms with Gasteiger partial charge in [0.15, 0.2) is 0 Å². The molecular formula is C12H12N2O4. The van der Waals surface area contributed by atoms with Crippen LogP contribution in [0, 0.1) is 11.3 Å². The number of hydrogen-bond donors (Lipinski definition) is 3. The van der Waals surface area contributed by atoms with Gasteiger partial charge in [-0.3, -0.25) is 4.79 Å². The minimum Gasteiger partial charge on any atom is -0.480 e. The number of hydrogen-bond acceptors (Lipinski definition) is 4. The van der Waals surface area contributed by atoms with Gasteiger partial charge in [-0.15, -0.1) is 0 Å². The molecule has 1 unspecified atom stereocenters. The average molecular weight is 248 g/mol. The Labute approximate surface area is 103 Å². The fourth-order valence-corrected chi connectivity index (χ4v) is 1.36. The number of nitrogens with one attached hydrogen (secondary N) is 1. The Bertz CT molecular complexity index is 493. The van der Waals surface area contributed by atoms with Crippen LogP contribution in [0.4, 0.5) is 0 Å². The molecule has 1 atom stereocenters. The number of nitriles is 1. The largest absolute Gasteiger partial charge is 0.480 e. The molecule has 0 aromatic heterocycles. The topological polar surface area (TPSA) is 110 Å². The third-order valence-electron chi connectivity index (χ3n) is 2.28. The van der Waals surface area contributed by atoms with Gasteiger partial charge in [0, 0.05) is 18.6 Å². The van der Waals surface area contributed by atoms with E-state index in [4.69, 9.17) is 15.5 Å². The summed E-state index contributed by atoms with van der Waals surface area (Å²) in [4.78, 5) is 22.5. The molecule has 0 fully saturated rings. The number of carboxylic acid groups (broad SMARTS) is 1. The normalized spacial score (nSPS) is 11.3. The van der Waals surface area contributed by atoms with Crippen LogP contribution in [0.3, 0.4) is 0 Å². The Balaban J connectivity index is 2.80. The molecule has 0 aliphatic rings. The third kappa shape index (κ3) is 3.57. The van der Waals surface area contributed by atoms with Gasteiger partial charge in [0.2, 0.25) is 0 Å². The molecule has 1 aromatic rings. The summed E-state index contributed by atoms with van der Waals surface area (Å²) in [6, 6.07) is 6.67. The lowest BCUT2D eigenvalue weighted by atomic mass is 10.1. The number of benzene rings is 1. The summed E-state index contributed by atoms with van der Waals surface area (Å²) < 4.78 is 0. The maximum atomic E-state index is 11.7. The fraction of sp³-hybridized carbons (Fsp3) is 0.250. The molecule has 1 aromatic carbocycles. The summed E-state index contributed by atoms with van der Waals surface area (Å²) in [5.74, 6) is -1.80. The van der Waals surface area contributed by atoms with Gasteiger partial charge >= 0.3 is 5.97 Å². The first-order valence-electron chi connectivity index (χ1n) is 5.23. The van der Waals surface area contributed by atoms with Gasteiger partial charge < -0.3 is 15.5 Å². The second-order valence-corrected chi connectivity index (χ2v) is 3.57. The number of carbonyl (C=O) groups is 2. The van der Waals surface area contributed by atoms with Gasteiger partial charge in [0.1, 0.15) is 6.04 Å². The van der Waals surface area contributed by atoms with Gasteiger partial charge in [0.25, 0.3) is 5.91 Å². The summed E-state index contributed by atoms with van der Waals surface area (Å²) in [6.45, 7) is -0.338. The van der Waals surface area contributed by atoms with Crippen LogP contribution in [0.2, 0.25) is 0 Å². The molecule has 1 amide bonds. The first kappa shape index (κ1) is 13.7. The Morgan fingerprint density at radius 2 is 2.17 bits per heavy atom. The predicted octanol–water partition coefficient (Wildman–Crippen LogP) is 0.124. The van der Waals surface area contributed by atoms with E-state index in [1.807, 2.05) is 6.07 Å². The van der Waals surface area contributed by atoms with Crippen LogP contribution < -0.4 is 5.32 Å². The number of amides is 1. The Morgan fingerprint density at radius 1 is 1.44 bits per heavy atom. The Morgan fingerprint density at radius 3 is 2.72 bits per heavy atom. The first-order chi connectivity index (χ1) is 8.58. The molecule has 0 aliphatic heterocycles.